The number of hydrogen-bond donors (Lipinski definition) is 2. The summed E-state index contributed by atoms with van der Waals surface area (Å²) in [5.41, 5.74) is -0.346. The fraction of sp³-hybridized carbons (Fsp3) is 0.348. The number of ether oxygens (including phenoxy) is 1. The van der Waals surface area contributed by atoms with Gasteiger partial charge in [0.05, 0.1) is 11.5 Å². The molecule has 1 spiro atoms. The first kappa shape index (κ1) is 23.7. The molecule has 0 bridgehead atoms. The molecule has 0 aromatic heterocycles. The highest BCUT2D eigenvalue weighted by atomic mass is 32.2. The molecule has 2 aliphatic heterocycles. The number of amides is 4. The lowest BCUT2D eigenvalue weighted by Gasteiger charge is -2.33. The lowest BCUT2D eigenvalue weighted by molar-refractivity contribution is -0.135. The molecular formula is C23H26N4O6S. The number of nitrogens with one attached hydrogen (secondary N) is 2. The average Bonchev–Trinajstić information content (AvgIpc) is 3.05. The van der Waals surface area contributed by atoms with Gasteiger partial charge in [-0.2, -0.15) is 4.31 Å². The van der Waals surface area contributed by atoms with E-state index >= 15 is 0 Å². The summed E-state index contributed by atoms with van der Waals surface area (Å²) in [5.74, 6) is -0.572. The first-order chi connectivity index (χ1) is 16.2. The Morgan fingerprint density at radius 3 is 2.47 bits per heavy atom. The molecule has 1 fully saturated rings. The summed E-state index contributed by atoms with van der Waals surface area (Å²) in [6, 6.07) is 12.1. The van der Waals surface area contributed by atoms with Gasteiger partial charge in [0.1, 0.15) is 12.3 Å². The Kier molecular flexibility index (Phi) is 6.32. The molecule has 11 heteroatoms. The van der Waals surface area contributed by atoms with Crippen LogP contribution in [0.15, 0.2) is 53.4 Å². The van der Waals surface area contributed by atoms with Gasteiger partial charge >= 0.3 is 6.03 Å². The van der Waals surface area contributed by atoms with Crippen molar-refractivity contribution in [3.8, 4) is 5.75 Å². The maximum absolute atomic E-state index is 13.3. The van der Waals surface area contributed by atoms with Crippen LogP contribution in [-0.4, -0.2) is 61.7 Å². The number of benzene rings is 2. The van der Waals surface area contributed by atoms with Crippen molar-refractivity contribution in [2.24, 2.45) is 0 Å². The summed E-state index contributed by atoms with van der Waals surface area (Å²) in [6.45, 7) is 3.99. The molecule has 2 heterocycles. The van der Waals surface area contributed by atoms with Crippen molar-refractivity contribution in [2.45, 2.75) is 30.7 Å². The summed E-state index contributed by atoms with van der Waals surface area (Å²) in [7, 11) is -3.62. The van der Waals surface area contributed by atoms with Gasteiger partial charge in [-0.1, -0.05) is 32.0 Å². The van der Waals surface area contributed by atoms with Gasteiger partial charge in [-0.3, -0.25) is 14.5 Å². The molecule has 2 aromatic carbocycles. The number of carbonyl (C=O) groups is 3. The molecule has 10 nitrogen and oxygen atoms in total. The Labute approximate surface area is 197 Å². The molecule has 34 heavy (non-hydrogen) atoms. The normalized spacial score (nSPS) is 19.7. The average molecular weight is 487 g/mol. The maximum atomic E-state index is 13.3. The third-order valence-corrected chi connectivity index (χ3v) is 8.10. The Morgan fingerprint density at radius 2 is 1.79 bits per heavy atom. The summed E-state index contributed by atoms with van der Waals surface area (Å²) in [5, 5.41) is 5.36. The van der Waals surface area contributed by atoms with E-state index < -0.39 is 40.0 Å². The van der Waals surface area contributed by atoms with Crippen molar-refractivity contribution in [1.82, 2.24) is 14.5 Å². The van der Waals surface area contributed by atoms with Gasteiger partial charge in [-0.25, -0.2) is 13.2 Å². The zero-order chi connectivity index (χ0) is 24.5. The Morgan fingerprint density at radius 1 is 1.12 bits per heavy atom. The highest BCUT2D eigenvalue weighted by Crippen LogP contribution is 2.40. The van der Waals surface area contributed by atoms with Gasteiger partial charge in [0.25, 0.3) is 5.91 Å². The number of anilines is 1. The topological polar surface area (TPSA) is 125 Å². The fourth-order valence-corrected chi connectivity index (χ4v) is 5.74. The molecule has 1 saturated heterocycles. The van der Waals surface area contributed by atoms with Gasteiger partial charge in [-0.05, 0) is 30.3 Å². The van der Waals surface area contributed by atoms with Crippen LogP contribution in [0.4, 0.5) is 10.5 Å². The first-order valence-corrected chi connectivity index (χ1v) is 12.4. The molecule has 1 atom stereocenters. The van der Waals surface area contributed by atoms with Crippen LogP contribution in [0.25, 0.3) is 0 Å². The van der Waals surface area contributed by atoms with Gasteiger partial charge in [0.2, 0.25) is 15.9 Å². The van der Waals surface area contributed by atoms with Crippen LogP contribution in [0.1, 0.15) is 25.8 Å². The van der Waals surface area contributed by atoms with Crippen LogP contribution in [0.3, 0.4) is 0 Å². The van der Waals surface area contributed by atoms with Gasteiger partial charge in [0, 0.05) is 30.8 Å². The van der Waals surface area contributed by atoms with Crippen molar-refractivity contribution >= 4 is 33.6 Å². The third-order valence-electron chi connectivity index (χ3n) is 6.04. The van der Waals surface area contributed by atoms with Crippen molar-refractivity contribution in [1.29, 1.82) is 0 Å². The van der Waals surface area contributed by atoms with Gasteiger partial charge in [-0.15, -0.1) is 0 Å². The quantitative estimate of drug-likeness (QED) is 0.576. The molecule has 0 unspecified atom stereocenters. The summed E-state index contributed by atoms with van der Waals surface area (Å²) in [4.78, 5) is 39.5. The van der Waals surface area contributed by atoms with E-state index in [1.54, 1.807) is 38.1 Å². The second kappa shape index (κ2) is 9.07. The number of nitrogens with zero attached hydrogens (tertiary/aromatic N) is 2. The Bertz CT molecular complexity index is 1230. The predicted octanol–water partition coefficient (Wildman–Crippen LogP) is 1.89. The van der Waals surface area contributed by atoms with E-state index in [2.05, 4.69) is 10.6 Å². The number of fused-ring (bicyclic) bond motifs is 2. The minimum atomic E-state index is -3.62. The van der Waals surface area contributed by atoms with E-state index in [0.717, 1.165) is 4.90 Å². The largest absolute Gasteiger partial charge is 0.493 e. The lowest BCUT2D eigenvalue weighted by Crippen LogP contribution is -2.48. The van der Waals surface area contributed by atoms with E-state index in [1.807, 2.05) is 0 Å². The van der Waals surface area contributed by atoms with Gasteiger partial charge < -0.3 is 15.4 Å². The first-order valence-electron chi connectivity index (χ1n) is 11.0. The molecule has 0 aliphatic carbocycles. The molecule has 0 radical (unpaired) electrons. The molecule has 4 amide bonds. The van der Waals surface area contributed by atoms with Crippen molar-refractivity contribution < 1.29 is 27.5 Å². The van der Waals surface area contributed by atoms with E-state index in [9.17, 15) is 22.8 Å². The maximum Gasteiger partial charge on any atom is 0.325 e. The molecule has 2 aromatic rings. The Balaban J connectivity index is 1.46. The number of carbonyl (C=O) groups excluding carboxylic acids is 3. The predicted molar refractivity (Wildman–Crippen MR) is 124 cm³/mol. The highest BCUT2D eigenvalue weighted by molar-refractivity contribution is 7.89. The van der Waals surface area contributed by atoms with Crippen LogP contribution in [0, 0.1) is 0 Å². The molecule has 2 aliphatic rings. The summed E-state index contributed by atoms with van der Waals surface area (Å²) >= 11 is 0. The number of sulfonamides is 1. The van der Waals surface area contributed by atoms with Crippen LogP contribution in [-0.2, 0) is 25.2 Å². The summed E-state index contributed by atoms with van der Waals surface area (Å²) in [6.07, 6.45) is 0.259. The van der Waals surface area contributed by atoms with Crippen molar-refractivity contribution in [2.75, 3.05) is 31.6 Å². The Hall–Kier alpha value is -3.44. The zero-order valence-corrected chi connectivity index (χ0v) is 19.7. The number of para-hydroxylation sites is 1. The number of urea groups is 1. The number of rotatable bonds is 7. The molecular weight excluding hydrogens is 460 g/mol. The SMILES string of the molecule is CCN(CC)S(=O)(=O)c1ccc(NC(=O)CN2C(=O)N[C@]3(CCOc4ccccc43)C2=O)cc1. The minimum absolute atomic E-state index is 0.114. The lowest BCUT2D eigenvalue weighted by atomic mass is 9.84. The fourth-order valence-electron chi connectivity index (χ4n) is 4.28. The standard InChI is InChI=1S/C23H26N4O6S/c1-3-26(4-2)34(31,32)17-11-9-16(10-12-17)24-20(28)15-27-21(29)23(25-22(27)30)13-14-33-19-8-6-5-7-18(19)23/h5-12H,3-4,13-15H2,1-2H3,(H,24,28)(H,25,30)/t23-/m0/s1. The van der Waals surface area contributed by atoms with E-state index in [1.165, 1.54) is 28.6 Å². The second-order valence-electron chi connectivity index (χ2n) is 7.98. The molecule has 2 N–H and O–H groups in total. The molecule has 0 saturated carbocycles. The van der Waals surface area contributed by atoms with E-state index in [0.29, 0.717) is 30.1 Å². The van der Waals surface area contributed by atoms with Crippen LogP contribution in [0.5, 0.6) is 5.75 Å². The zero-order valence-electron chi connectivity index (χ0n) is 18.9. The number of hydrogen-bond acceptors (Lipinski definition) is 6. The molecule has 180 valence electrons. The van der Waals surface area contributed by atoms with Crippen LogP contribution in [0.2, 0.25) is 0 Å². The van der Waals surface area contributed by atoms with Crippen molar-refractivity contribution in [3.63, 3.8) is 0 Å². The van der Waals surface area contributed by atoms with Crippen molar-refractivity contribution in [3.05, 3.63) is 54.1 Å². The second-order valence-corrected chi connectivity index (χ2v) is 9.92. The van der Waals surface area contributed by atoms with Gasteiger partial charge in [0.15, 0.2) is 5.54 Å². The van der Waals surface area contributed by atoms with Crippen LogP contribution < -0.4 is 15.4 Å². The smallest absolute Gasteiger partial charge is 0.325 e. The monoisotopic (exact) mass is 486 g/mol. The minimum Gasteiger partial charge on any atom is -0.493 e. The number of imide groups is 1. The van der Waals surface area contributed by atoms with E-state index in [-0.39, 0.29) is 17.9 Å². The summed E-state index contributed by atoms with van der Waals surface area (Å²) < 4.78 is 32.2. The molecule has 4 rings (SSSR count). The van der Waals surface area contributed by atoms with Crippen LogP contribution >= 0.6 is 0 Å². The highest BCUT2D eigenvalue weighted by Gasteiger charge is 2.55. The van der Waals surface area contributed by atoms with E-state index in [4.69, 9.17) is 4.74 Å². The third kappa shape index (κ3) is 4.01.